The second-order valence-electron chi connectivity index (χ2n) is 6.72. The molecule has 154 valence electrons. The largest absolute Gasteiger partial charge is 0.480 e. The summed E-state index contributed by atoms with van der Waals surface area (Å²) >= 11 is 0.878. The van der Waals surface area contributed by atoms with Gasteiger partial charge >= 0.3 is 18.0 Å². The highest BCUT2D eigenvalue weighted by Gasteiger charge is 2.31. The van der Waals surface area contributed by atoms with Crippen LogP contribution in [0.5, 0.6) is 0 Å². The molecule has 0 spiro atoms. The van der Waals surface area contributed by atoms with E-state index in [9.17, 15) is 29.6 Å². The fourth-order valence-electron chi connectivity index (χ4n) is 2.09. The molecule has 1 aromatic rings. The fraction of sp³-hybridized carbons (Fsp3) is 0.471. The number of alkyl carbamates (subject to hydrolysis) is 1. The number of nitro benzene ring substituents is 1. The summed E-state index contributed by atoms with van der Waals surface area (Å²) in [5.74, 6) is -2.05. The van der Waals surface area contributed by atoms with Gasteiger partial charge in [0.1, 0.15) is 11.6 Å². The number of amides is 1. The number of esters is 1. The van der Waals surface area contributed by atoms with Crippen LogP contribution in [0, 0.1) is 10.1 Å². The summed E-state index contributed by atoms with van der Waals surface area (Å²) in [7, 11) is 1.15. The molecule has 2 atom stereocenters. The average molecular weight is 414 g/mol. The molecule has 0 fully saturated rings. The van der Waals surface area contributed by atoms with E-state index in [4.69, 9.17) is 4.74 Å². The first kappa shape index (κ1) is 23.2. The van der Waals surface area contributed by atoms with Crippen molar-refractivity contribution < 1.29 is 33.9 Å². The van der Waals surface area contributed by atoms with Gasteiger partial charge in [-0.15, -0.1) is 11.8 Å². The van der Waals surface area contributed by atoms with Gasteiger partial charge in [0.2, 0.25) is 0 Å². The molecule has 10 nitrogen and oxygen atoms in total. The quantitative estimate of drug-likeness (QED) is 0.298. The molecule has 0 aliphatic rings. The minimum atomic E-state index is -1.36. The maximum absolute atomic E-state index is 11.9. The number of nitro groups is 1. The molecule has 28 heavy (non-hydrogen) atoms. The number of hydrogen-bond acceptors (Lipinski definition) is 8. The zero-order valence-corrected chi connectivity index (χ0v) is 16.9. The Balaban J connectivity index is 3.06. The third-order valence-electron chi connectivity index (χ3n) is 3.30. The lowest BCUT2D eigenvalue weighted by atomic mass is 10.2. The van der Waals surface area contributed by atoms with Crippen LogP contribution in [0.2, 0.25) is 0 Å². The van der Waals surface area contributed by atoms with Gasteiger partial charge in [-0.25, -0.2) is 14.4 Å². The number of thioether (sulfide) groups is 1. The molecule has 1 rings (SSSR count). The van der Waals surface area contributed by atoms with Gasteiger partial charge in [-0.05, 0) is 32.9 Å². The standard InChI is InChI=1S/C17H22N2O8S/c1-9(13(14(20)21)18-16(23)27-17(2,3)4)28-12-7-6-10(15(22)26-5)8-11(12)19(24)25/h6-9,13H,1-5H3,(H,18,23)(H,20,21)/t9-,13+/m1/s1. The second-order valence-corrected chi connectivity index (χ2v) is 8.14. The molecule has 0 aliphatic carbocycles. The van der Waals surface area contributed by atoms with Crippen LogP contribution in [0.3, 0.4) is 0 Å². The van der Waals surface area contributed by atoms with Crippen LogP contribution in [0.4, 0.5) is 10.5 Å². The first-order chi connectivity index (χ1) is 12.9. The molecule has 0 saturated carbocycles. The monoisotopic (exact) mass is 414 g/mol. The number of aliphatic carboxylic acids is 1. The highest BCUT2D eigenvalue weighted by atomic mass is 32.2. The topological polar surface area (TPSA) is 145 Å². The first-order valence-corrected chi connectivity index (χ1v) is 8.99. The number of carbonyl (C=O) groups excluding carboxylic acids is 2. The van der Waals surface area contributed by atoms with E-state index in [2.05, 4.69) is 10.1 Å². The number of carboxylic acid groups (broad SMARTS) is 1. The van der Waals surface area contributed by atoms with Gasteiger partial charge in [0, 0.05) is 11.3 Å². The van der Waals surface area contributed by atoms with Crippen molar-refractivity contribution >= 4 is 35.5 Å². The minimum Gasteiger partial charge on any atom is -0.480 e. The van der Waals surface area contributed by atoms with Gasteiger partial charge < -0.3 is 19.9 Å². The molecule has 2 N–H and O–H groups in total. The van der Waals surface area contributed by atoms with Crippen molar-refractivity contribution in [3.8, 4) is 0 Å². The predicted molar refractivity (Wildman–Crippen MR) is 101 cm³/mol. The van der Waals surface area contributed by atoms with E-state index in [1.807, 2.05) is 0 Å². The van der Waals surface area contributed by atoms with Crippen molar-refractivity contribution in [2.45, 2.75) is 49.5 Å². The Morgan fingerprint density at radius 2 is 1.89 bits per heavy atom. The van der Waals surface area contributed by atoms with Crippen molar-refractivity contribution in [1.82, 2.24) is 5.32 Å². The second kappa shape index (κ2) is 9.40. The van der Waals surface area contributed by atoms with Crippen molar-refractivity contribution in [2.75, 3.05) is 7.11 Å². The molecule has 0 aromatic heterocycles. The SMILES string of the molecule is COC(=O)c1ccc(S[C@H](C)[C@H](NC(=O)OC(C)(C)C)C(=O)O)c([N+](=O)[O-])c1. The zero-order chi connectivity index (χ0) is 21.6. The number of ether oxygens (including phenoxy) is 2. The van der Waals surface area contributed by atoms with Crippen molar-refractivity contribution in [3.05, 3.63) is 33.9 Å². The maximum atomic E-state index is 11.9. The van der Waals surface area contributed by atoms with Crippen molar-refractivity contribution in [3.63, 3.8) is 0 Å². The molecule has 0 heterocycles. The number of carbonyl (C=O) groups is 3. The summed E-state index contributed by atoms with van der Waals surface area (Å²) in [5.41, 5.74) is -1.19. The van der Waals surface area contributed by atoms with Gasteiger partial charge in [0.15, 0.2) is 0 Å². The van der Waals surface area contributed by atoms with Crippen LogP contribution in [0.1, 0.15) is 38.1 Å². The number of nitrogens with zero attached hydrogens (tertiary/aromatic N) is 1. The molecule has 1 aromatic carbocycles. The Morgan fingerprint density at radius 3 is 2.36 bits per heavy atom. The summed E-state index contributed by atoms with van der Waals surface area (Å²) < 4.78 is 9.59. The van der Waals surface area contributed by atoms with Gasteiger partial charge in [0.05, 0.1) is 22.5 Å². The predicted octanol–water partition coefficient (Wildman–Crippen LogP) is 2.84. The lowest BCUT2D eigenvalue weighted by molar-refractivity contribution is -0.387. The summed E-state index contributed by atoms with van der Waals surface area (Å²) in [6, 6.07) is 2.36. The van der Waals surface area contributed by atoms with Crippen LogP contribution in [-0.2, 0) is 14.3 Å². The van der Waals surface area contributed by atoms with Crippen LogP contribution in [0.15, 0.2) is 23.1 Å². The van der Waals surface area contributed by atoms with Crippen molar-refractivity contribution in [1.29, 1.82) is 0 Å². The summed E-state index contributed by atoms with van der Waals surface area (Å²) in [5, 5.41) is 22.2. The third kappa shape index (κ3) is 6.72. The number of benzene rings is 1. The maximum Gasteiger partial charge on any atom is 0.408 e. The average Bonchev–Trinajstić information content (AvgIpc) is 2.57. The molecule has 11 heteroatoms. The normalized spacial score (nSPS) is 13.2. The number of rotatable bonds is 7. The van der Waals surface area contributed by atoms with E-state index >= 15 is 0 Å². The smallest absolute Gasteiger partial charge is 0.408 e. The van der Waals surface area contributed by atoms with Gasteiger partial charge in [0.25, 0.3) is 5.69 Å². The highest BCUT2D eigenvalue weighted by molar-refractivity contribution is 8.00. The third-order valence-corrected chi connectivity index (χ3v) is 4.54. The zero-order valence-electron chi connectivity index (χ0n) is 16.0. The van der Waals surface area contributed by atoms with E-state index in [0.29, 0.717) is 0 Å². The number of methoxy groups -OCH3 is 1. The lowest BCUT2D eigenvalue weighted by Crippen LogP contribution is -2.48. The summed E-state index contributed by atoms with van der Waals surface area (Å²) in [6.07, 6.45) is -0.914. The Hall–Kier alpha value is -2.82. The van der Waals surface area contributed by atoms with Crippen LogP contribution in [-0.4, -0.2) is 52.1 Å². The van der Waals surface area contributed by atoms with E-state index in [1.165, 1.54) is 19.1 Å². The molecule has 1 amide bonds. The van der Waals surface area contributed by atoms with Crippen LogP contribution >= 0.6 is 11.8 Å². The van der Waals surface area contributed by atoms with E-state index < -0.39 is 39.8 Å². The summed E-state index contributed by atoms with van der Waals surface area (Å²) in [6.45, 7) is 6.39. The Bertz CT molecular complexity index is 775. The first-order valence-electron chi connectivity index (χ1n) is 8.11. The molecule has 0 radical (unpaired) electrons. The molecule has 0 aliphatic heterocycles. The molecular formula is C17H22N2O8S. The number of nitrogens with one attached hydrogen (secondary N) is 1. The van der Waals surface area contributed by atoms with Gasteiger partial charge in [-0.2, -0.15) is 0 Å². The van der Waals surface area contributed by atoms with Crippen LogP contribution < -0.4 is 5.32 Å². The molecule has 0 bridgehead atoms. The van der Waals surface area contributed by atoms with Crippen molar-refractivity contribution in [2.24, 2.45) is 0 Å². The number of carboxylic acids is 1. The van der Waals surface area contributed by atoms with Gasteiger partial charge in [-0.1, -0.05) is 6.92 Å². The highest BCUT2D eigenvalue weighted by Crippen LogP contribution is 2.34. The number of hydrogen-bond donors (Lipinski definition) is 2. The van der Waals surface area contributed by atoms with E-state index in [-0.39, 0.29) is 16.1 Å². The minimum absolute atomic E-state index is 0.00660. The fourth-order valence-corrected chi connectivity index (χ4v) is 3.21. The van der Waals surface area contributed by atoms with E-state index in [0.717, 1.165) is 24.9 Å². The van der Waals surface area contributed by atoms with Gasteiger partial charge in [-0.3, -0.25) is 10.1 Å². The Labute approximate surface area is 165 Å². The van der Waals surface area contributed by atoms with E-state index in [1.54, 1.807) is 20.8 Å². The lowest BCUT2D eigenvalue weighted by Gasteiger charge is -2.24. The molecular weight excluding hydrogens is 392 g/mol. The summed E-state index contributed by atoms with van der Waals surface area (Å²) in [4.78, 5) is 45.8. The van der Waals surface area contributed by atoms with Crippen LogP contribution in [0.25, 0.3) is 0 Å². The molecule has 0 saturated heterocycles. The Morgan fingerprint density at radius 1 is 1.29 bits per heavy atom. The Kier molecular flexibility index (Phi) is 7.79. The molecule has 0 unspecified atom stereocenters.